The predicted octanol–water partition coefficient (Wildman–Crippen LogP) is 5.73. The molecule has 4 rings (SSSR count). The molecule has 0 saturated carbocycles. The topological polar surface area (TPSA) is 62.2 Å². The predicted molar refractivity (Wildman–Crippen MR) is 126 cm³/mol. The Morgan fingerprint density at radius 2 is 1.71 bits per heavy atom. The summed E-state index contributed by atoms with van der Waals surface area (Å²) in [7, 11) is 0. The Balaban J connectivity index is 1.53. The maximum Gasteiger partial charge on any atom is 0.435 e. The number of halogens is 8. The van der Waals surface area contributed by atoms with E-state index >= 15 is 0 Å². The van der Waals surface area contributed by atoms with E-state index in [0.717, 1.165) is 17.0 Å². The van der Waals surface area contributed by atoms with Crippen molar-refractivity contribution in [1.82, 2.24) is 9.80 Å². The van der Waals surface area contributed by atoms with Crippen molar-refractivity contribution in [2.45, 2.75) is 31.3 Å². The Labute approximate surface area is 222 Å². The number of hydrogen-bond acceptors (Lipinski definition) is 4. The third-order valence-electron chi connectivity index (χ3n) is 6.28. The quantitative estimate of drug-likeness (QED) is 0.433. The van der Waals surface area contributed by atoms with Gasteiger partial charge in [-0.3, -0.25) is 9.59 Å². The molecular formula is C24H19Cl2F6N3O3. The van der Waals surface area contributed by atoms with Gasteiger partial charge in [-0.05, 0) is 48.4 Å². The van der Waals surface area contributed by atoms with Crippen LogP contribution in [0.25, 0.3) is 0 Å². The summed E-state index contributed by atoms with van der Waals surface area (Å²) in [5.41, 5.74) is -2.39. The van der Waals surface area contributed by atoms with Crippen LogP contribution in [0.1, 0.15) is 33.5 Å². The summed E-state index contributed by atoms with van der Waals surface area (Å²) >= 11 is 11.8. The van der Waals surface area contributed by atoms with Crippen molar-refractivity contribution >= 4 is 40.7 Å². The SMILES string of the molecule is Cc1cc(C2=NOC(c3cc(Cl)cc(Cl)c3)(C(F)(F)F)C2)ccc1C(=O)N1CCN(CC(F)(F)F)C(=O)C1. The van der Waals surface area contributed by atoms with Gasteiger partial charge in [-0.1, -0.05) is 34.4 Å². The first kappa shape index (κ1) is 28.0. The Morgan fingerprint density at radius 3 is 2.26 bits per heavy atom. The van der Waals surface area contributed by atoms with Gasteiger partial charge in [-0.25, -0.2) is 0 Å². The smallest absolute Gasteiger partial charge is 0.374 e. The van der Waals surface area contributed by atoms with E-state index in [9.17, 15) is 35.9 Å². The average molecular weight is 582 g/mol. The van der Waals surface area contributed by atoms with E-state index in [-0.39, 0.29) is 45.5 Å². The number of carbonyl (C=O) groups excluding carboxylic acids is 2. The molecule has 0 aliphatic carbocycles. The zero-order chi connectivity index (χ0) is 28.0. The minimum absolute atomic E-state index is 0.00962. The van der Waals surface area contributed by atoms with Gasteiger partial charge < -0.3 is 14.6 Å². The Bertz CT molecular complexity index is 1290. The van der Waals surface area contributed by atoms with Crippen molar-refractivity contribution in [3.63, 3.8) is 0 Å². The molecule has 2 amide bonds. The molecule has 0 radical (unpaired) electrons. The number of benzene rings is 2. The second-order valence-electron chi connectivity index (χ2n) is 8.98. The number of oxime groups is 1. The number of amides is 2. The third-order valence-corrected chi connectivity index (χ3v) is 6.72. The number of hydrogen-bond donors (Lipinski definition) is 0. The van der Waals surface area contributed by atoms with Gasteiger partial charge in [0.1, 0.15) is 13.1 Å². The maximum atomic E-state index is 14.2. The average Bonchev–Trinajstić information content (AvgIpc) is 3.26. The number of aryl methyl sites for hydroxylation is 1. The number of carbonyl (C=O) groups is 2. The highest BCUT2D eigenvalue weighted by Crippen LogP contribution is 2.49. The van der Waals surface area contributed by atoms with Gasteiger partial charge in [0.15, 0.2) is 0 Å². The number of piperazine rings is 1. The lowest BCUT2D eigenvalue weighted by Crippen LogP contribution is -2.54. The fraction of sp³-hybridized carbons (Fsp3) is 0.375. The first-order valence-electron chi connectivity index (χ1n) is 11.1. The molecule has 14 heteroatoms. The minimum atomic E-state index is -4.88. The van der Waals surface area contributed by atoms with Crippen LogP contribution < -0.4 is 0 Å². The highest BCUT2D eigenvalue weighted by Gasteiger charge is 2.62. The van der Waals surface area contributed by atoms with Crippen molar-refractivity contribution in [2.24, 2.45) is 5.16 Å². The van der Waals surface area contributed by atoms with Crippen LogP contribution in [0.3, 0.4) is 0 Å². The highest BCUT2D eigenvalue weighted by atomic mass is 35.5. The van der Waals surface area contributed by atoms with E-state index in [1.54, 1.807) is 6.92 Å². The summed E-state index contributed by atoms with van der Waals surface area (Å²) in [6, 6.07) is 7.70. The molecule has 1 unspecified atom stereocenters. The first-order chi connectivity index (χ1) is 17.6. The molecule has 0 bridgehead atoms. The lowest BCUT2D eigenvalue weighted by Gasteiger charge is -2.34. The summed E-state index contributed by atoms with van der Waals surface area (Å²) in [4.78, 5) is 31.9. The zero-order valence-electron chi connectivity index (χ0n) is 19.6. The van der Waals surface area contributed by atoms with Gasteiger partial charge in [0.05, 0.1) is 5.71 Å². The molecule has 0 spiro atoms. The van der Waals surface area contributed by atoms with Crippen LogP contribution in [0.2, 0.25) is 10.0 Å². The molecule has 2 aromatic carbocycles. The van der Waals surface area contributed by atoms with Crippen LogP contribution in [-0.4, -0.2) is 65.9 Å². The van der Waals surface area contributed by atoms with Crippen LogP contribution >= 0.6 is 23.2 Å². The van der Waals surface area contributed by atoms with E-state index in [1.807, 2.05) is 0 Å². The fourth-order valence-corrected chi connectivity index (χ4v) is 4.89. The van der Waals surface area contributed by atoms with Crippen molar-refractivity contribution < 1.29 is 40.8 Å². The molecule has 1 saturated heterocycles. The maximum absolute atomic E-state index is 14.2. The van der Waals surface area contributed by atoms with Crippen molar-refractivity contribution in [3.8, 4) is 0 Å². The molecule has 0 aromatic heterocycles. The molecule has 1 atom stereocenters. The first-order valence-corrected chi connectivity index (χ1v) is 11.9. The third kappa shape index (κ3) is 5.56. The molecule has 38 heavy (non-hydrogen) atoms. The summed E-state index contributed by atoms with van der Waals surface area (Å²) in [6.07, 6.45) is -10.1. The monoisotopic (exact) mass is 581 g/mol. The standard InChI is InChI=1S/C24H19Cl2F6N3O3/c1-13-6-14(2-3-18(13)21(37)34-4-5-35(20(36)11-34)12-23(27,28)29)19-10-22(38-33-19,24(30,31)32)15-7-16(25)9-17(26)8-15/h2-3,6-9H,4-5,10-12H2,1H3. The molecule has 2 aromatic rings. The van der Waals surface area contributed by atoms with Crippen LogP contribution in [0.5, 0.6) is 0 Å². The zero-order valence-corrected chi connectivity index (χ0v) is 21.1. The summed E-state index contributed by atoms with van der Waals surface area (Å²) in [6.45, 7) is -0.747. The Kier molecular flexibility index (Phi) is 7.34. The van der Waals surface area contributed by atoms with Crippen molar-refractivity contribution in [3.05, 3.63) is 68.7 Å². The molecular weight excluding hydrogens is 563 g/mol. The van der Waals surface area contributed by atoms with Gasteiger partial charge in [-0.15, -0.1) is 0 Å². The molecule has 6 nitrogen and oxygen atoms in total. The van der Waals surface area contributed by atoms with E-state index < -0.39 is 49.3 Å². The summed E-state index contributed by atoms with van der Waals surface area (Å²) < 4.78 is 80.6. The lowest BCUT2D eigenvalue weighted by atomic mass is 9.86. The van der Waals surface area contributed by atoms with Crippen LogP contribution in [0.15, 0.2) is 41.6 Å². The van der Waals surface area contributed by atoms with Gasteiger partial charge in [0.2, 0.25) is 5.91 Å². The van der Waals surface area contributed by atoms with Crippen LogP contribution in [-0.2, 0) is 15.2 Å². The Hall–Kier alpha value is -2.99. The second kappa shape index (κ2) is 9.96. The Morgan fingerprint density at radius 1 is 1.05 bits per heavy atom. The molecule has 2 aliphatic heterocycles. The summed E-state index contributed by atoms with van der Waals surface area (Å²) in [5, 5.41) is 3.67. The molecule has 0 N–H and O–H groups in total. The van der Waals surface area contributed by atoms with E-state index in [1.165, 1.54) is 24.3 Å². The lowest BCUT2D eigenvalue weighted by molar-refractivity contribution is -0.275. The number of nitrogens with zero attached hydrogens (tertiary/aromatic N) is 3. The van der Waals surface area contributed by atoms with Gasteiger partial charge in [0, 0.05) is 40.7 Å². The van der Waals surface area contributed by atoms with Gasteiger partial charge >= 0.3 is 12.4 Å². The second-order valence-corrected chi connectivity index (χ2v) is 9.85. The van der Waals surface area contributed by atoms with Crippen LogP contribution in [0, 0.1) is 6.92 Å². The van der Waals surface area contributed by atoms with E-state index in [0.29, 0.717) is 10.5 Å². The van der Waals surface area contributed by atoms with E-state index in [2.05, 4.69) is 5.16 Å². The van der Waals surface area contributed by atoms with Crippen molar-refractivity contribution in [2.75, 3.05) is 26.2 Å². The summed E-state index contributed by atoms with van der Waals surface area (Å²) in [5.74, 6) is -1.42. The van der Waals surface area contributed by atoms with Gasteiger partial charge in [-0.2, -0.15) is 26.3 Å². The number of rotatable bonds is 4. The minimum Gasteiger partial charge on any atom is -0.374 e. The van der Waals surface area contributed by atoms with Crippen LogP contribution in [0.4, 0.5) is 26.3 Å². The fourth-order valence-electron chi connectivity index (χ4n) is 4.36. The van der Waals surface area contributed by atoms with E-state index in [4.69, 9.17) is 28.0 Å². The normalized spacial score (nSPS) is 20.4. The highest BCUT2D eigenvalue weighted by molar-refractivity contribution is 6.34. The molecule has 204 valence electrons. The van der Waals surface area contributed by atoms with Gasteiger partial charge in [0.25, 0.3) is 11.5 Å². The largest absolute Gasteiger partial charge is 0.435 e. The number of alkyl halides is 6. The molecule has 2 heterocycles. The molecule has 1 fully saturated rings. The van der Waals surface area contributed by atoms with Crippen molar-refractivity contribution in [1.29, 1.82) is 0 Å². The molecule has 2 aliphatic rings.